The number of hydrogen-bond donors (Lipinski definition) is 3. The molecule has 5 N–H and O–H groups in total. The largest absolute Gasteiger partial charge is 0.382 e. The number of hydrogen-bond acceptors (Lipinski definition) is 5. The minimum absolute atomic E-state index is 0.0338. The Hall–Kier alpha value is -4.13. The Balaban J connectivity index is 0.000000222. The third kappa shape index (κ3) is 4.44. The first-order valence-electron chi connectivity index (χ1n) is 12.5. The predicted molar refractivity (Wildman–Crippen MR) is 146 cm³/mol. The Morgan fingerprint density at radius 1 is 0.972 bits per heavy atom. The van der Waals surface area contributed by atoms with Crippen LogP contribution in [0.4, 0.5) is 11.6 Å². The van der Waals surface area contributed by atoms with Crippen molar-refractivity contribution >= 4 is 41.1 Å². The summed E-state index contributed by atoms with van der Waals surface area (Å²) >= 11 is 0. The normalized spacial score (nSPS) is 19.7. The van der Waals surface area contributed by atoms with Gasteiger partial charge in [-0.15, -0.1) is 0 Å². The lowest BCUT2D eigenvalue weighted by Gasteiger charge is -2.43. The van der Waals surface area contributed by atoms with Gasteiger partial charge in [0.05, 0.1) is 11.2 Å². The second kappa shape index (κ2) is 10.2. The molecule has 0 saturated heterocycles. The first-order valence-corrected chi connectivity index (χ1v) is 12.5. The molecule has 184 valence electrons. The summed E-state index contributed by atoms with van der Waals surface area (Å²) in [6.07, 6.45) is 15.8. The number of aromatic nitrogens is 4. The van der Waals surface area contributed by atoms with Crippen molar-refractivity contribution in [3.8, 4) is 0 Å². The van der Waals surface area contributed by atoms with Crippen molar-refractivity contribution in [2.75, 3.05) is 11.5 Å². The van der Waals surface area contributed by atoms with Crippen molar-refractivity contribution in [2.24, 2.45) is 5.92 Å². The number of nitrogens with one attached hydrogen (secondary N) is 1. The van der Waals surface area contributed by atoms with Gasteiger partial charge < -0.3 is 11.5 Å². The molecule has 0 bridgehead atoms. The van der Waals surface area contributed by atoms with Gasteiger partial charge in [-0.1, -0.05) is 73.9 Å². The summed E-state index contributed by atoms with van der Waals surface area (Å²) in [5, 5.41) is 12.1. The summed E-state index contributed by atoms with van der Waals surface area (Å²) in [6.45, 7) is 0. The van der Waals surface area contributed by atoms with Crippen molar-refractivity contribution in [3.63, 3.8) is 0 Å². The zero-order valence-electron chi connectivity index (χ0n) is 20.3. The van der Waals surface area contributed by atoms with E-state index < -0.39 is 0 Å². The second-order valence-electron chi connectivity index (χ2n) is 9.57. The Labute approximate surface area is 210 Å². The Morgan fingerprint density at radius 2 is 1.72 bits per heavy atom. The number of carbonyl (C=O) groups excluding carboxylic acids is 1. The van der Waals surface area contributed by atoms with Crippen LogP contribution in [0.15, 0.2) is 66.7 Å². The van der Waals surface area contributed by atoms with Crippen molar-refractivity contribution in [1.29, 1.82) is 0 Å². The molecule has 36 heavy (non-hydrogen) atoms. The van der Waals surface area contributed by atoms with Crippen molar-refractivity contribution in [1.82, 2.24) is 20.0 Å². The van der Waals surface area contributed by atoms with Crippen LogP contribution in [0, 0.1) is 5.92 Å². The van der Waals surface area contributed by atoms with Gasteiger partial charge in [-0.05, 0) is 42.5 Å². The fourth-order valence-corrected chi connectivity index (χ4v) is 5.73. The molecule has 2 aromatic carbocycles. The van der Waals surface area contributed by atoms with E-state index in [1.807, 2.05) is 24.3 Å². The molecule has 2 heterocycles. The third-order valence-corrected chi connectivity index (χ3v) is 7.54. The summed E-state index contributed by atoms with van der Waals surface area (Å²) in [5.74, 6) is 1.70. The maximum Gasteiger partial charge on any atom is 0.153 e. The van der Waals surface area contributed by atoms with Crippen LogP contribution < -0.4 is 11.5 Å². The van der Waals surface area contributed by atoms with Gasteiger partial charge in [-0.3, -0.25) is 9.89 Å². The lowest BCUT2D eigenvalue weighted by Crippen LogP contribution is -2.39. The van der Waals surface area contributed by atoms with Crippen molar-refractivity contribution in [2.45, 2.75) is 43.9 Å². The van der Waals surface area contributed by atoms with Crippen molar-refractivity contribution < 1.29 is 4.79 Å². The van der Waals surface area contributed by atoms with E-state index >= 15 is 0 Å². The zero-order valence-corrected chi connectivity index (χ0v) is 20.3. The number of nitrogens with zero attached hydrogens (tertiary/aromatic N) is 3. The molecular weight excluding hydrogens is 448 g/mol. The number of rotatable bonds is 4. The van der Waals surface area contributed by atoms with E-state index in [-0.39, 0.29) is 5.41 Å². The van der Waals surface area contributed by atoms with Crippen LogP contribution in [0.1, 0.15) is 48.9 Å². The first kappa shape index (κ1) is 23.6. The minimum atomic E-state index is -0.0338. The van der Waals surface area contributed by atoms with Crippen LogP contribution in [0.5, 0.6) is 0 Å². The number of fused-ring (bicyclic) bond motifs is 2. The number of para-hydroxylation sites is 1. The maximum absolute atomic E-state index is 10.8. The lowest BCUT2D eigenvalue weighted by atomic mass is 9.61. The van der Waals surface area contributed by atoms with Gasteiger partial charge in [0, 0.05) is 29.0 Å². The molecule has 4 aromatic rings. The molecule has 1 unspecified atom stereocenters. The molecule has 0 amide bonds. The summed E-state index contributed by atoms with van der Waals surface area (Å²) in [6, 6.07) is 18.6. The van der Waals surface area contributed by atoms with Crippen LogP contribution in [-0.4, -0.2) is 26.3 Å². The summed E-state index contributed by atoms with van der Waals surface area (Å²) in [4.78, 5) is 10.8. The SMILES string of the molecule is Nc1n[nH]c2ccccc12.Nc1nn(C=CC=O)c2c1C=CC(c1ccccc1)(C1CCCCC1)C2. The highest BCUT2D eigenvalue weighted by Crippen LogP contribution is 2.48. The fourth-order valence-electron chi connectivity index (χ4n) is 5.73. The maximum atomic E-state index is 10.8. The van der Waals surface area contributed by atoms with Crippen LogP contribution in [0.2, 0.25) is 0 Å². The molecule has 2 aliphatic carbocycles. The van der Waals surface area contributed by atoms with E-state index in [9.17, 15) is 4.79 Å². The molecule has 6 rings (SSSR count). The molecule has 7 nitrogen and oxygen atoms in total. The number of nitrogens with two attached hydrogens (primary N) is 2. The number of nitrogen functional groups attached to an aromatic ring is 2. The molecule has 0 spiro atoms. The summed E-state index contributed by atoms with van der Waals surface area (Å²) in [5.41, 5.74) is 16.1. The molecule has 2 aromatic heterocycles. The number of anilines is 2. The smallest absolute Gasteiger partial charge is 0.153 e. The van der Waals surface area contributed by atoms with E-state index in [1.165, 1.54) is 43.7 Å². The molecule has 7 heteroatoms. The van der Waals surface area contributed by atoms with Gasteiger partial charge in [-0.2, -0.15) is 10.2 Å². The van der Waals surface area contributed by atoms with E-state index in [0.29, 0.717) is 17.6 Å². The third-order valence-electron chi connectivity index (χ3n) is 7.54. The second-order valence-corrected chi connectivity index (χ2v) is 9.57. The number of H-pyrrole nitrogens is 1. The monoisotopic (exact) mass is 480 g/mol. The van der Waals surface area contributed by atoms with E-state index in [1.54, 1.807) is 10.9 Å². The standard InChI is InChI=1S/C22H25N3O.C7H7N3/c23-21-19-12-13-22(17-8-3-1-4-9-17,18-10-5-2-6-11-18)16-20(19)25(24-21)14-7-15-26;8-7-5-3-1-2-4-6(5)9-10-7/h1,3-4,7-9,12-15,18H,2,5-6,10-11,16H2,(H2,23,24);1-4H,(H3,8,9,10). The highest BCUT2D eigenvalue weighted by atomic mass is 16.1. The molecule has 2 aliphatic rings. The molecule has 0 radical (unpaired) electrons. The number of allylic oxidation sites excluding steroid dienone is 2. The van der Waals surface area contributed by atoms with E-state index in [4.69, 9.17) is 11.5 Å². The fraction of sp³-hybridized carbons (Fsp3) is 0.276. The number of carbonyl (C=O) groups is 1. The van der Waals surface area contributed by atoms with Crippen LogP contribution >= 0.6 is 0 Å². The summed E-state index contributed by atoms with van der Waals surface area (Å²) in [7, 11) is 0. The lowest BCUT2D eigenvalue weighted by molar-refractivity contribution is -0.104. The van der Waals surface area contributed by atoms with E-state index in [0.717, 1.165) is 34.9 Å². The molecule has 1 saturated carbocycles. The Morgan fingerprint density at radius 3 is 2.47 bits per heavy atom. The van der Waals surface area contributed by atoms with Gasteiger partial charge >= 0.3 is 0 Å². The number of aromatic amines is 1. The topological polar surface area (TPSA) is 116 Å². The average Bonchev–Trinajstić information content (AvgIpc) is 3.47. The highest BCUT2D eigenvalue weighted by molar-refractivity contribution is 5.88. The van der Waals surface area contributed by atoms with Crippen molar-refractivity contribution in [3.05, 3.63) is 83.6 Å². The Bertz CT molecular complexity index is 1390. The van der Waals surface area contributed by atoms with Gasteiger partial charge in [0.1, 0.15) is 6.29 Å². The highest BCUT2D eigenvalue weighted by Gasteiger charge is 2.42. The minimum Gasteiger partial charge on any atom is -0.382 e. The molecular formula is C29H32N6O. The van der Waals surface area contributed by atoms with E-state index in [2.05, 4.69) is 57.8 Å². The zero-order chi connectivity index (χ0) is 25.0. The molecule has 1 atom stereocenters. The first-order chi connectivity index (χ1) is 17.6. The molecule has 1 fully saturated rings. The summed E-state index contributed by atoms with van der Waals surface area (Å²) < 4.78 is 1.78. The van der Waals surface area contributed by atoms with Gasteiger partial charge in [0.2, 0.25) is 0 Å². The van der Waals surface area contributed by atoms with Crippen LogP contribution in [-0.2, 0) is 16.6 Å². The molecule has 0 aliphatic heterocycles. The van der Waals surface area contributed by atoms with Gasteiger partial charge in [0.15, 0.2) is 11.6 Å². The van der Waals surface area contributed by atoms with Crippen LogP contribution in [0.3, 0.4) is 0 Å². The number of benzene rings is 2. The number of aldehydes is 1. The average molecular weight is 481 g/mol. The van der Waals surface area contributed by atoms with Crippen LogP contribution in [0.25, 0.3) is 23.2 Å². The van der Waals surface area contributed by atoms with Gasteiger partial charge in [0.25, 0.3) is 0 Å². The quantitative estimate of drug-likeness (QED) is 0.268. The Kier molecular flexibility index (Phi) is 6.71. The predicted octanol–water partition coefficient (Wildman–Crippen LogP) is 5.37. The van der Waals surface area contributed by atoms with Gasteiger partial charge in [-0.25, -0.2) is 4.68 Å².